The number of Topliss-reactive ketones (excluding diaryl/α,β-unsaturated/α-hetero) is 1. The summed E-state index contributed by atoms with van der Waals surface area (Å²) in [7, 11) is 1.66. The molecule has 0 bridgehead atoms. The molecule has 0 radical (unpaired) electrons. The lowest BCUT2D eigenvalue weighted by Gasteiger charge is -2.29. The fourth-order valence-electron chi connectivity index (χ4n) is 2.55. The lowest BCUT2D eigenvalue weighted by molar-refractivity contribution is -0.120. The summed E-state index contributed by atoms with van der Waals surface area (Å²) in [6.45, 7) is 4.91. The van der Waals surface area contributed by atoms with E-state index in [4.69, 9.17) is 4.74 Å². The molecule has 1 saturated carbocycles. The van der Waals surface area contributed by atoms with Crippen LogP contribution in [0.5, 0.6) is 5.75 Å². The molecular weight excluding hydrogens is 238 g/mol. The second kappa shape index (κ2) is 5.55. The average molecular weight is 259 g/mol. The van der Waals surface area contributed by atoms with Crippen molar-refractivity contribution in [2.24, 2.45) is 10.4 Å². The maximum absolute atomic E-state index is 11.7. The van der Waals surface area contributed by atoms with Gasteiger partial charge < -0.3 is 4.74 Å². The summed E-state index contributed by atoms with van der Waals surface area (Å²) in [6.07, 6.45) is 2.13. The maximum Gasteiger partial charge on any atom is 0.139 e. The highest BCUT2D eigenvalue weighted by atomic mass is 16.5. The Hall–Kier alpha value is -1.64. The third kappa shape index (κ3) is 3.91. The van der Waals surface area contributed by atoms with Crippen molar-refractivity contribution < 1.29 is 9.53 Å². The van der Waals surface area contributed by atoms with E-state index in [1.54, 1.807) is 7.11 Å². The molecule has 1 aliphatic rings. The summed E-state index contributed by atoms with van der Waals surface area (Å²) in [5.74, 6) is 1.16. The molecule has 0 N–H and O–H groups in total. The lowest BCUT2D eigenvalue weighted by Crippen LogP contribution is -2.29. The first kappa shape index (κ1) is 13.8. The molecule has 0 amide bonds. The largest absolute Gasteiger partial charge is 0.497 e. The predicted molar refractivity (Wildman–Crippen MR) is 76.8 cm³/mol. The molecule has 1 aromatic carbocycles. The summed E-state index contributed by atoms with van der Waals surface area (Å²) in [4.78, 5) is 16.3. The first-order valence-corrected chi connectivity index (χ1v) is 6.65. The third-order valence-corrected chi connectivity index (χ3v) is 3.40. The minimum absolute atomic E-state index is 0.0636. The summed E-state index contributed by atoms with van der Waals surface area (Å²) in [5.41, 5.74) is 2.25. The molecule has 0 aliphatic heterocycles. The second-order valence-corrected chi connectivity index (χ2v) is 5.96. The second-order valence-electron chi connectivity index (χ2n) is 5.96. The Labute approximate surface area is 114 Å². The molecule has 0 saturated heterocycles. The highest BCUT2D eigenvalue weighted by Crippen LogP contribution is 2.32. The van der Waals surface area contributed by atoms with Gasteiger partial charge >= 0.3 is 0 Å². The van der Waals surface area contributed by atoms with Gasteiger partial charge in [-0.2, -0.15) is 0 Å². The van der Waals surface area contributed by atoms with Gasteiger partial charge in [0.2, 0.25) is 0 Å². The number of hydrogen-bond donors (Lipinski definition) is 0. The molecule has 1 aromatic rings. The number of ketones is 1. The van der Waals surface area contributed by atoms with Crippen LogP contribution in [0.3, 0.4) is 0 Å². The fourth-order valence-corrected chi connectivity index (χ4v) is 2.55. The van der Waals surface area contributed by atoms with Crippen molar-refractivity contribution in [2.45, 2.75) is 39.7 Å². The Balaban J connectivity index is 2.03. The molecule has 3 nitrogen and oxygen atoms in total. The number of hydrogen-bond acceptors (Lipinski definition) is 3. The number of aliphatic imine (C=N–C) groups is 1. The van der Waals surface area contributed by atoms with E-state index in [0.29, 0.717) is 25.2 Å². The van der Waals surface area contributed by atoms with Gasteiger partial charge in [0.15, 0.2) is 0 Å². The van der Waals surface area contributed by atoms with E-state index < -0.39 is 0 Å². The molecule has 1 aliphatic carbocycles. The topological polar surface area (TPSA) is 38.7 Å². The van der Waals surface area contributed by atoms with E-state index in [2.05, 4.69) is 18.8 Å². The number of carbonyl (C=O) groups is 1. The average Bonchev–Trinajstić information content (AvgIpc) is 2.34. The Morgan fingerprint density at radius 1 is 1.21 bits per heavy atom. The Morgan fingerprint density at radius 3 is 2.47 bits per heavy atom. The van der Waals surface area contributed by atoms with E-state index in [1.807, 2.05) is 24.3 Å². The molecule has 0 atom stereocenters. The van der Waals surface area contributed by atoms with Crippen molar-refractivity contribution in [3.63, 3.8) is 0 Å². The molecule has 0 spiro atoms. The quantitative estimate of drug-likeness (QED) is 0.834. The number of nitrogens with zero attached hydrogens (tertiary/aromatic N) is 1. The predicted octanol–water partition coefficient (Wildman–Crippen LogP) is 3.42. The van der Waals surface area contributed by atoms with Crippen molar-refractivity contribution in [3.05, 3.63) is 29.8 Å². The molecule has 1 fully saturated rings. The minimum Gasteiger partial charge on any atom is -0.497 e. The van der Waals surface area contributed by atoms with Gasteiger partial charge in [-0.3, -0.25) is 9.79 Å². The van der Waals surface area contributed by atoms with Gasteiger partial charge in [0.1, 0.15) is 11.5 Å². The molecule has 19 heavy (non-hydrogen) atoms. The van der Waals surface area contributed by atoms with Crippen LogP contribution in [0, 0.1) is 5.41 Å². The number of methoxy groups -OCH3 is 1. The Bertz CT molecular complexity index is 486. The SMILES string of the molecule is COc1ccc(CN=C2CC(=O)CC(C)(C)C2)cc1. The standard InChI is InChI=1S/C16H21NO2/c1-16(2)9-13(8-14(18)10-16)17-11-12-4-6-15(19-3)7-5-12/h4-7H,8-11H2,1-3H3. The summed E-state index contributed by atoms with van der Waals surface area (Å²) < 4.78 is 5.12. The van der Waals surface area contributed by atoms with Gasteiger partial charge in [-0.1, -0.05) is 26.0 Å². The van der Waals surface area contributed by atoms with Gasteiger partial charge in [-0.25, -0.2) is 0 Å². The first-order chi connectivity index (χ1) is 8.98. The van der Waals surface area contributed by atoms with Crippen LogP contribution in [0.15, 0.2) is 29.3 Å². The smallest absolute Gasteiger partial charge is 0.139 e. The van der Waals surface area contributed by atoms with E-state index in [9.17, 15) is 4.79 Å². The van der Waals surface area contributed by atoms with Crippen LogP contribution in [0.4, 0.5) is 0 Å². The zero-order chi connectivity index (χ0) is 13.9. The number of benzene rings is 1. The Kier molecular flexibility index (Phi) is 4.03. The van der Waals surface area contributed by atoms with Gasteiger partial charge in [0.05, 0.1) is 13.7 Å². The van der Waals surface area contributed by atoms with Gasteiger partial charge in [0, 0.05) is 18.6 Å². The van der Waals surface area contributed by atoms with Crippen molar-refractivity contribution >= 4 is 11.5 Å². The van der Waals surface area contributed by atoms with Crippen LogP contribution in [-0.4, -0.2) is 18.6 Å². The molecule has 0 heterocycles. The van der Waals surface area contributed by atoms with E-state index in [-0.39, 0.29) is 5.41 Å². The van der Waals surface area contributed by atoms with E-state index in [1.165, 1.54) is 0 Å². The normalized spacial score (nSPS) is 20.6. The highest BCUT2D eigenvalue weighted by molar-refractivity contribution is 6.04. The van der Waals surface area contributed by atoms with Crippen molar-refractivity contribution in [1.82, 2.24) is 0 Å². The summed E-state index contributed by atoms with van der Waals surface area (Å²) in [6, 6.07) is 7.90. The molecule has 102 valence electrons. The third-order valence-electron chi connectivity index (χ3n) is 3.40. The van der Waals surface area contributed by atoms with Crippen LogP contribution in [0.25, 0.3) is 0 Å². The van der Waals surface area contributed by atoms with Crippen LogP contribution < -0.4 is 4.74 Å². The van der Waals surface area contributed by atoms with Crippen molar-refractivity contribution in [1.29, 1.82) is 0 Å². The maximum atomic E-state index is 11.7. The highest BCUT2D eigenvalue weighted by Gasteiger charge is 2.29. The van der Waals surface area contributed by atoms with Gasteiger partial charge in [-0.05, 0) is 29.5 Å². The molecule has 0 aromatic heterocycles. The van der Waals surface area contributed by atoms with Crippen LogP contribution in [-0.2, 0) is 11.3 Å². The van der Waals surface area contributed by atoms with Gasteiger partial charge in [-0.15, -0.1) is 0 Å². The zero-order valence-corrected chi connectivity index (χ0v) is 11.9. The number of rotatable bonds is 3. The summed E-state index contributed by atoms with van der Waals surface area (Å²) >= 11 is 0. The molecule has 2 rings (SSSR count). The van der Waals surface area contributed by atoms with Crippen molar-refractivity contribution in [3.8, 4) is 5.75 Å². The van der Waals surface area contributed by atoms with Crippen LogP contribution in [0.1, 0.15) is 38.7 Å². The zero-order valence-electron chi connectivity index (χ0n) is 11.9. The van der Waals surface area contributed by atoms with Crippen LogP contribution >= 0.6 is 0 Å². The van der Waals surface area contributed by atoms with Crippen LogP contribution in [0.2, 0.25) is 0 Å². The lowest BCUT2D eigenvalue weighted by atomic mass is 9.76. The van der Waals surface area contributed by atoms with E-state index in [0.717, 1.165) is 23.4 Å². The van der Waals surface area contributed by atoms with Crippen molar-refractivity contribution in [2.75, 3.05) is 7.11 Å². The number of ether oxygens (including phenoxy) is 1. The van der Waals surface area contributed by atoms with Gasteiger partial charge in [0.25, 0.3) is 0 Å². The minimum atomic E-state index is 0.0636. The Morgan fingerprint density at radius 2 is 1.89 bits per heavy atom. The molecule has 0 unspecified atom stereocenters. The molecular formula is C16H21NO2. The fraction of sp³-hybridized carbons (Fsp3) is 0.500. The monoisotopic (exact) mass is 259 g/mol. The molecule has 3 heteroatoms. The van der Waals surface area contributed by atoms with E-state index >= 15 is 0 Å². The summed E-state index contributed by atoms with van der Waals surface area (Å²) in [5, 5.41) is 0. The number of carbonyl (C=O) groups excluding carboxylic acids is 1. The first-order valence-electron chi connectivity index (χ1n) is 6.65.